The molecule has 0 bridgehead atoms. The molecule has 1 heterocycles. The fourth-order valence-electron chi connectivity index (χ4n) is 3.12. The first kappa shape index (κ1) is 21.0. The molecule has 0 unspecified atom stereocenters. The molecule has 0 spiro atoms. The summed E-state index contributed by atoms with van der Waals surface area (Å²) < 4.78 is 0.913. The number of hydrogen-bond acceptors (Lipinski definition) is 4. The van der Waals surface area contributed by atoms with Crippen LogP contribution in [0, 0.1) is 3.57 Å². The maximum Gasteiger partial charge on any atom is 0.257 e. The summed E-state index contributed by atoms with van der Waals surface area (Å²) in [7, 11) is 0. The first-order valence-electron chi connectivity index (χ1n) is 8.97. The van der Waals surface area contributed by atoms with Crippen molar-refractivity contribution in [1.29, 1.82) is 0 Å². The Labute approximate surface area is 182 Å². The van der Waals surface area contributed by atoms with Crippen LogP contribution in [0.4, 0.5) is 5.69 Å². The molecule has 2 aromatic rings. The summed E-state index contributed by atoms with van der Waals surface area (Å²) in [5, 5.41) is 12.2. The first-order chi connectivity index (χ1) is 13.5. The zero-order valence-corrected chi connectivity index (χ0v) is 18.1. The van der Waals surface area contributed by atoms with Gasteiger partial charge in [-0.2, -0.15) is 0 Å². The zero-order valence-electron chi connectivity index (χ0n) is 15.2. The molecule has 1 fully saturated rings. The van der Waals surface area contributed by atoms with E-state index in [0.29, 0.717) is 41.5 Å². The van der Waals surface area contributed by atoms with Gasteiger partial charge in [0.15, 0.2) is 0 Å². The number of nitrogens with one attached hydrogen (secondary N) is 1. The Bertz CT molecular complexity index is 870. The second kappa shape index (κ2) is 9.69. The van der Waals surface area contributed by atoms with Crippen molar-refractivity contribution < 1.29 is 14.7 Å². The SMILES string of the molecule is O=C(Nc1ccc(I)cc1C(=O)N1CCN(CCO)CC1)c1ccccc1Cl. The summed E-state index contributed by atoms with van der Waals surface area (Å²) in [6.07, 6.45) is 0. The number of amides is 2. The van der Waals surface area contributed by atoms with Crippen molar-refractivity contribution in [3.05, 3.63) is 62.2 Å². The van der Waals surface area contributed by atoms with Crippen LogP contribution in [0.5, 0.6) is 0 Å². The Morgan fingerprint density at radius 2 is 1.79 bits per heavy atom. The van der Waals surface area contributed by atoms with Gasteiger partial charge in [-0.15, -0.1) is 0 Å². The number of aliphatic hydroxyl groups excluding tert-OH is 1. The monoisotopic (exact) mass is 513 g/mol. The number of anilines is 1. The molecule has 1 aliphatic heterocycles. The molecule has 2 aromatic carbocycles. The zero-order chi connectivity index (χ0) is 20.1. The number of carbonyl (C=O) groups is 2. The van der Waals surface area contributed by atoms with E-state index in [2.05, 4.69) is 32.8 Å². The standard InChI is InChI=1S/C20H21ClIN3O3/c21-17-4-2-1-3-15(17)19(27)23-18-6-5-14(22)13-16(18)20(28)25-9-7-24(8-10-25)11-12-26/h1-6,13,26H,7-12H2,(H,23,27). The molecule has 2 amide bonds. The van der Waals surface area contributed by atoms with Gasteiger partial charge in [-0.25, -0.2) is 0 Å². The van der Waals surface area contributed by atoms with Crippen LogP contribution >= 0.6 is 34.2 Å². The number of benzene rings is 2. The Kier molecular flexibility index (Phi) is 7.28. The minimum atomic E-state index is -0.353. The second-order valence-electron chi connectivity index (χ2n) is 6.48. The third-order valence-corrected chi connectivity index (χ3v) is 5.66. The molecule has 0 radical (unpaired) electrons. The predicted octanol–water partition coefficient (Wildman–Crippen LogP) is 2.95. The lowest BCUT2D eigenvalue weighted by Gasteiger charge is -2.34. The number of hydrogen-bond donors (Lipinski definition) is 2. The summed E-state index contributed by atoms with van der Waals surface area (Å²) in [6.45, 7) is 3.34. The summed E-state index contributed by atoms with van der Waals surface area (Å²) in [4.78, 5) is 29.6. The fraction of sp³-hybridized carbons (Fsp3) is 0.300. The number of β-amino-alcohol motifs (C(OH)–C–C–N with tert-alkyl or cyclic N) is 1. The maximum absolute atomic E-state index is 13.1. The van der Waals surface area contributed by atoms with Gasteiger partial charge in [-0.3, -0.25) is 14.5 Å². The van der Waals surface area contributed by atoms with E-state index in [1.165, 1.54) is 0 Å². The minimum Gasteiger partial charge on any atom is -0.395 e. The number of piperazine rings is 1. The van der Waals surface area contributed by atoms with Gasteiger partial charge in [0.25, 0.3) is 11.8 Å². The van der Waals surface area contributed by atoms with E-state index < -0.39 is 0 Å². The topological polar surface area (TPSA) is 72.9 Å². The predicted molar refractivity (Wildman–Crippen MR) is 118 cm³/mol. The molecule has 0 aromatic heterocycles. The number of rotatable bonds is 5. The molecular weight excluding hydrogens is 493 g/mol. The largest absolute Gasteiger partial charge is 0.395 e. The van der Waals surface area contributed by atoms with E-state index in [9.17, 15) is 9.59 Å². The minimum absolute atomic E-state index is 0.114. The highest BCUT2D eigenvalue weighted by atomic mass is 127. The van der Waals surface area contributed by atoms with E-state index in [1.54, 1.807) is 41.3 Å². The molecule has 1 aliphatic rings. The van der Waals surface area contributed by atoms with Crippen LogP contribution in [0.25, 0.3) is 0 Å². The van der Waals surface area contributed by atoms with Crippen molar-refractivity contribution in [1.82, 2.24) is 9.80 Å². The first-order valence-corrected chi connectivity index (χ1v) is 10.4. The number of halogens is 2. The van der Waals surface area contributed by atoms with Crippen LogP contribution in [0.1, 0.15) is 20.7 Å². The van der Waals surface area contributed by atoms with Gasteiger partial charge in [0.05, 0.1) is 28.4 Å². The van der Waals surface area contributed by atoms with Gasteiger partial charge in [0.2, 0.25) is 0 Å². The number of carbonyl (C=O) groups excluding carboxylic acids is 2. The fourth-order valence-corrected chi connectivity index (χ4v) is 3.84. The second-order valence-corrected chi connectivity index (χ2v) is 8.13. The highest BCUT2D eigenvalue weighted by molar-refractivity contribution is 14.1. The quantitative estimate of drug-likeness (QED) is 0.603. The molecule has 0 atom stereocenters. The lowest BCUT2D eigenvalue weighted by atomic mass is 10.1. The van der Waals surface area contributed by atoms with E-state index in [1.807, 2.05) is 6.07 Å². The molecule has 0 saturated carbocycles. The van der Waals surface area contributed by atoms with Crippen molar-refractivity contribution in [2.45, 2.75) is 0 Å². The van der Waals surface area contributed by atoms with E-state index in [4.69, 9.17) is 16.7 Å². The smallest absolute Gasteiger partial charge is 0.257 e. The summed E-state index contributed by atoms with van der Waals surface area (Å²) in [5.41, 5.74) is 1.29. The lowest BCUT2D eigenvalue weighted by molar-refractivity contribution is 0.0616. The van der Waals surface area contributed by atoms with Crippen LogP contribution in [0.15, 0.2) is 42.5 Å². The van der Waals surface area contributed by atoms with E-state index in [-0.39, 0.29) is 18.4 Å². The Balaban J connectivity index is 1.78. The number of aliphatic hydroxyl groups is 1. The molecule has 6 nitrogen and oxygen atoms in total. The Morgan fingerprint density at radius 3 is 2.46 bits per heavy atom. The molecular formula is C20H21ClIN3O3. The van der Waals surface area contributed by atoms with Crippen LogP contribution < -0.4 is 5.32 Å². The highest BCUT2D eigenvalue weighted by Crippen LogP contribution is 2.23. The third-order valence-electron chi connectivity index (χ3n) is 4.65. The van der Waals surface area contributed by atoms with Crippen LogP contribution in [0.3, 0.4) is 0 Å². The molecule has 0 aliphatic carbocycles. The van der Waals surface area contributed by atoms with Gasteiger partial charge < -0.3 is 15.3 Å². The van der Waals surface area contributed by atoms with Gasteiger partial charge in [0, 0.05) is 36.3 Å². The summed E-state index contributed by atoms with van der Waals surface area (Å²) >= 11 is 8.26. The van der Waals surface area contributed by atoms with E-state index in [0.717, 1.165) is 16.7 Å². The van der Waals surface area contributed by atoms with Crippen molar-refractivity contribution in [2.24, 2.45) is 0 Å². The lowest BCUT2D eigenvalue weighted by Crippen LogP contribution is -2.49. The van der Waals surface area contributed by atoms with Gasteiger partial charge >= 0.3 is 0 Å². The summed E-state index contributed by atoms with van der Waals surface area (Å²) in [6, 6.07) is 12.2. The van der Waals surface area contributed by atoms with Gasteiger partial charge in [0.1, 0.15) is 0 Å². The normalized spacial score (nSPS) is 14.8. The van der Waals surface area contributed by atoms with Crippen LogP contribution in [-0.4, -0.2) is 66.1 Å². The maximum atomic E-state index is 13.1. The molecule has 2 N–H and O–H groups in total. The Hall–Kier alpha value is -1.68. The van der Waals surface area contributed by atoms with Crippen molar-refractivity contribution in [2.75, 3.05) is 44.6 Å². The molecule has 1 saturated heterocycles. The van der Waals surface area contributed by atoms with Crippen molar-refractivity contribution in [3.63, 3.8) is 0 Å². The van der Waals surface area contributed by atoms with Crippen LogP contribution in [-0.2, 0) is 0 Å². The van der Waals surface area contributed by atoms with Gasteiger partial charge in [-0.1, -0.05) is 23.7 Å². The highest BCUT2D eigenvalue weighted by Gasteiger charge is 2.24. The van der Waals surface area contributed by atoms with E-state index >= 15 is 0 Å². The number of nitrogens with zero attached hydrogens (tertiary/aromatic N) is 2. The average molecular weight is 514 g/mol. The van der Waals surface area contributed by atoms with Gasteiger partial charge in [-0.05, 0) is 52.9 Å². The molecule has 8 heteroatoms. The van der Waals surface area contributed by atoms with Crippen molar-refractivity contribution in [3.8, 4) is 0 Å². The van der Waals surface area contributed by atoms with Crippen molar-refractivity contribution >= 4 is 51.7 Å². The molecule has 148 valence electrons. The molecule has 28 heavy (non-hydrogen) atoms. The van der Waals surface area contributed by atoms with Crippen LogP contribution in [0.2, 0.25) is 5.02 Å². The average Bonchev–Trinajstić information content (AvgIpc) is 2.70. The Morgan fingerprint density at radius 1 is 1.07 bits per heavy atom. The third kappa shape index (κ3) is 5.02. The summed E-state index contributed by atoms with van der Waals surface area (Å²) in [5.74, 6) is -0.467. The molecule has 3 rings (SSSR count).